The van der Waals surface area contributed by atoms with Gasteiger partial charge in [0, 0.05) is 38.2 Å². The van der Waals surface area contributed by atoms with Crippen LogP contribution in [0.15, 0.2) is 53.1 Å². The number of amides is 1. The molecule has 10 nitrogen and oxygen atoms in total. The first-order chi connectivity index (χ1) is 19.0. The van der Waals surface area contributed by atoms with Crippen LogP contribution in [-0.2, 0) is 22.0 Å². The van der Waals surface area contributed by atoms with Crippen LogP contribution in [0.5, 0.6) is 0 Å². The van der Waals surface area contributed by atoms with Crippen molar-refractivity contribution in [2.24, 2.45) is 11.8 Å². The third-order valence-electron chi connectivity index (χ3n) is 7.80. The second-order valence-corrected chi connectivity index (χ2v) is 14.4. The van der Waals surface area contributed by atoms with Crippen LogP contribution in [0.25, 0.3) is 11.3 Å². The highest BCUT2D eigenvalue weighted by Crippen LogP contribution is 2.40. The van der Waals surface area contributed by atoms with E-state index in [4.69, 9.17) is 9.40 Å². The normalized spacial score (nSPS) is 18.4. The summed E-state index contributed by atoms with van der Waals surface area (Å²) >= 11 is 0. The van der Waals surface area contributed by atoms with Crippen LogP contribution >= 0.6 is 0 Å². The molecule has 2 unspecified atom stereocenters. The quantitative estimate of drug-likeness (QED) is 0.334. The largest absolute Gasteiger partial charge is 0.465 e. The first-order valence-corrected chi connectivity index (χ1v) is 15.6. The smallest absolute Gasteiger partial charge is 0.408 e. The van der Waals surface area contributed by atoms with E-state index in [0.717, 1.165) is 29.1 Å². The number of rotatable bonds is 10. The van der Waals surface area contributed by atoms with Crippen molar-refractivity contribution in [1.82, 2.24) is 14.9 Å². The van der Waals surface area contributed by atoms with Gasteiger partial charge in [0.15, 0.2) is 0 Å². The Morgan fingerprint density at radius 3 is 2.22 bits per heavy atom. The van der Waals surface area contributed by atoms with E-state index in [-0.39, 0.29) is 11.7 Å². The van der Waals surface area contributed by atoms with Crippen LogP contribution in [-0.4, -0.2) is 66.9 Å². The fourth-order valence-corrected chi connectivity index (χ4v) is 5.84. The highest BCUT2D eigenvalue weighted by molar-refractivity contribution is 7.92. The average molecular weight is 584 g/mol. The number of pyridine rings is 1. The Morgan fingerprint density at radius 1 is 1.07 bits per heavy atom. The number of carboxylic acid groups (broad SMARTS) is 1. The van der Waals surface area contributed by atoms with Crippen molar-refractivity contribution in [3.63, 3.8) is 0 Å². The van der Waals surface area contributed by atoms with Gasteiger partial charge in [0.2, 0.25) is 15.9 Å². The summed E-state index contributed by atoms with van der Waals surface area (Å²) in [5.74, 6) is 2.34. The Morgan fingerprint density at radius 2 is 1.68 bits per heavy atom. The number of oxazole rings is 1. The molecule has 0 spiro atoms. The standard InChI is InChI=1S/C30H41N5O5S/c1-20-14-23(20)18-33(6)25-15-22(16-26(32-25)34(7)41(8,38)39)24-19-40-27(31-24)30(5,17-21-12-10-9-11-13-21)35(28(36)37)29(2,3)4/h9-13,15-16,19-20,23H,14,17-18H2,1-8H3,(H,36,37)/t20?,23?,30-/m1/s1. The molecule has 1 amide bonds. The van der Waals surface area contributed by atoms with Crippen molar-refractivity contribution in [2.45, 2.75) is 58.5 Å². The van der Waals surface area contributed by atoms with Crippen LogP contribution in [0.1, 0.15) is 52.5 Å². The Hall–Kier alpha value is -3.60. The van der Waals surface area contributed by atoms with E-state index in [1.807, 2.05) is 76.0 Å². The van der Waals surface area contributed by atoms with Crippen molar-refractivity contribution in [3.05, 3.63) is 60.2 Å². The van der Waals surface area contributed by atoms with Gasteiger partial charge in [0.05, 0.1) is 6.26 Å². The van der Waals surface area contributed by atoms with Gasteiger partial charge in [-0.05, 0) is 63.6 Å². The van der Waals surface area contributed by atoms with Crippen molar-refractivity contribution >= 4 is 27.8 Å². The van der Waals surface area contributed by atoms with E-state index in [0.29, 0.717) is 35.3 Å². The van der Waals surface area contributed by atoms with Crippen LogP contribution < -0.4 is 9.21 Å². The lowest BCUT2D eigenvalue weighted by molar-refractivity contribution is 0.00792. The number of sulfonamides is 1. The van der Waals surface area contributed by atoms with Gasteiger partial charge in [0.25, 0.3) is 0 Å². The predicted molar refractivity (Wildman–Crippen MR) is 161 cm³/mol. The van der Waals surface area contributed by atoms with Crippen molar-refractivity contribution < 1.29 is 22.7 Å². The molecular formula is C30H41N5O5S. The van der Waals surface area contributed by atoms with Crippen LogP contribution in [0, 0.1) is 11.8 Å². The Bertz CT molecular complexity index is 1500. The molecule has 1 fully saturated rings. The second-order valence-electron chi connectivity index (χ2n) is 12.4. The van der Waals surface area contributed by atoms with E-state index in [2.05, 4.69) is 11.9 Å². The maximum absolute atomic E-state index is 12.7. The number of carbonyl (C=O) groups is 1. The predicted octanol–water partition coefficient (Wildman–Crippen LogP) is 5.46. The molecule has 0 aliphatic heterocycles. The number of aromatic nitrogens is 2. The Balaban J connectivity index is 1.82. The molecule has 3 aromatic rings. The van der Waals surface area contributed by atoms with Gasteiger partial charge >= 0.3 is 6.09 Å². The maximum Gasteiger partial charge on any atom is 0.408 e. The van der Waals surface area contributed by atoms with E-state index < -0.39 is 27.2 Å². The summed E-state index contributed by atoms with van der Waals surface area (Å²) in [5.41, 5.74) is 0.0982. The van der Waals surface area contributed by atoms with Crippen molar-refractivity contribution in [2.75, 3.05) is 36.1 Å². The zero-order chi connectivity index (χ0) is 30.3. The molecule has 41 heavy (non-hydrogen) atoms. The van der Waals surface area contributed by atoms with Crippen LogP contribution in [0.4, 0.5) is 16.4 Å². The Labute approximate surface area is 243 Å². The maximum atomic E-state index is 12.7. The van der Waals surface area contributed by atoms with Gasteiger partial charge in [-0.2, -0.15) is 0 Å². The molecular weight excluding hydrogens is 542 g/mol. The molecule has 1 aliphatic rings. The van der Waals surface area contributed by atoms with E-state index >= 15 is 0 Å². The zero-order valence-corrected chi connectivity index (χ0v) is 25.9. The number of anilines is 2. The topological polar surface area (TPSA) is 120 Å². The highest BCUT2D eigenvalue weighted by atomic mass is 32.2. The molecule has 1 aliphatic carbocycles. The van der Waals surface area contributed by atoms with Gasteiger partial charge in [-0.25, -0.2) is 23.2 Å². The molecule has 1 saturated carbocycles. The fraction of sp³-hybridized carbons (Fsp3) is 0.500. The van der Waals surface area contributed by atoms with Gasteiger partial charge in [-0.3, -0.25) is 9.21 Å². The lowest BCUT2D eigenvalue weighted by atomic mass is 9.87. The first-order valence-electron chi connectivity index (χ1n) is 13.7. The summed E-state index contributed by atoms with van der Waals surface area (Å²) in [6.45, 7) is 10.4. The lowest BCUT2D eigenvalue weighted by Gasteiger charge is -2.45. The lowest BCUT2D eigenvalue weighted by Crippen LogP contribution is -2.57. The van der Waals surface area contributed by atoms with Crippen LogP contribution in [0.2, 0.25) is 0 Å². The molecule has 1 N–H and O–H groups in total. The van der Waals surface area contributed by atoms with Gasteiger partial charge in [-0.1, -0.05) is 37.3 Å². The summed E-state index contributed by atoms with van der Waals surface area (Å²) in [5, 5.41) is 10.4. The number of benzene rings is 1. The SMILES string of the molecule is CC1CC1CN(C)c1cc(-c2coc([C@@](C)(Cc3ccccc3)N(C(=O)O)C(C)(C)C)n2)cc(N(C)S(C)(=O)=O)n1. The van der Waals surface area contributed by atoms with E-state index in [1.54, 1.807) is 6.07 Å². The third-order valence-corrected chi connectivity index (χ3v) is 8.98. The average Bonchev–Trinajstić information content (AvgIpc) is 3.34. The molecule has 2 aromatic heterocycles. The summed E-state index contributed by atoms with van der Waals surface area (Å²) in [6.07, 6.45) is 3.03. The monoisotopic (exact) mass is 583 g/mol. The minimum absolute atomic E-state index is 0.241. The van der Waals surface area contributed by atoms with Gasteiger partial charge < -0.3 is 14.4 Å². The number of hydrogen-bond acceptors (Lipinski definition) is 7. The summed E-state index contributed by atoms with van der Waals surface area (Å²) in [7, 11) is -0.159. The fourth-order valence-electron chi connectivity index (χ4n) is 5.41. The molecule has 3 atom stereocenters. The summed E-state index contributed by atoms with van der Waals surface area (Å²) in [4.78, 5) is 25.6. The summed E-state index contributed by atoms with van der Waals surface area (Å²) < 4.78 is 32.0. The second kappa shape index (κ2) is 11.0. The van der Waals surface area contributed by atoms with Crippen molar-refractivity contribution in [3.8, 4) is 11.3 Å². The van der Waals surface area contributed by atoms with E-state index in [9.17, 15) is 18.3 Å². The van der Waals surface area contributed by atoms with Crippen LogP contribution in [0.3, 0.4) is 0 Å². The third kappa shape index (κ3) is 6.66. The molecule has 0 radical (unpaired) electrons. The zero-order valence-electron chi connectivity index (χ0n) is 25.1. The minimum Gasteiger partial charge on any atom is -0.465 e. The molecule has 0 saturated heterocycles. The molecule has 0 bridgehead atoms. The molecule has 2 heterocycles. The summed E-state index contributed by atoms with van der Waals surface area (Å²) in [6, 6.07) is 13.2. The molecule has 4 rings (SSSR count). The molecule has 1 aromatic carbocycles. The number of nitrogens with zero attached hydrogens (tertiary/aromatic N) is 5. The van der Waals surface area contributed by atoms with Gasteiger partial charge in [-0.15, -0.1) is 0 Å². The van der Waals surface area contributed by atoms with Gasteiger partial charge in [0.1, 0.15) is 29.1 Å². The highest BCUT2D eigenvalue weighted by Gasteiger charge is 2.47. The molecule has 11 heteroatoms. The van der Waals surface area contributed by atoms with Crippen molar-refractivity contribution in [1.29, 1.82) is 0 Å². The minimum atomic E-state index is -3.57. The first kappa shape index (κ1) is 30.4. The molecule has 222 valence electrons. The van der Waals surface area contributed by atoms with E-state index in [1.165, 1.54) is 18.2 Å². The number of hydrogen-bond donors (Lipinski definition) is 1. The Kier molecular flexibility index (Phi) is 8.14.